The molecule has 1 saturated carbocycles. The molecule has 1 atom stereocenters. The lowest BCUT2D eigenvalue weighted by Crippen LogP contribution is -2.27. The average molecular weight is 281 g/mol. The van der Waals surface area contributed by atoms with E-state index in [4.69, 9.17) is 10.5 Å². The van der Waals surface area contributed by atoms with Crippen molar-refractivity contribution < 1.29 is 4.74 Å². The Morgan fingerprint density at radius 1 is 0.952 bits per heavy atom. The minimum absolute atomic E-state index is 0.0187. The molecule has 1 fully saturated rings. The molecule has 1 unspecified atom stereocenters. The van der Waals surface area contributed by atoms with Crippen LogP contribution in [-0.4, -0.2) is 6.10 Å². The van der Waals surface area contributed by atoms with Crippen LogP contribution in [0.3, 0.4) is 0 Å². The first-order valence-corrected chi connectivity index (χ1v) is 7.70. The monoisotopic (exact) mass is 281 g/mol. The van der Waals surface area contributed by atoms with E-state index in [1.807, 2.05) is 32.0 Å². The molecule has 2 N–H and O–H groups in total. The van der Waals surface area contributed by atoms with Gasteiger partial charge in [0.1, 0.15) is 5.75 Å². The van der Waals surface area contributed by atoms with Gasteiger partial charge in [-0.15, -0.1) is 0 Å². The third-order valence-corrected chi connectivity index (χ3v) is 4.35. The predicted octanol–water partition coefficient (Wildman–Crippen LogP) is 4.21. The molecule has 1 aliphatic carbocycles. The Morgan fingerprint density at radius 3 is 2.19 bits per heavy atom. The molecular formula is C19H23NO. The summed E-state index contributed by atoms with van der Waals surface area (Å²) >= 11 is 0. The minimum atomic E-state index is -0.0187. The van der Waals surface area contributed by atoms with E-state index in [1.54, 1.807) is 0 Å². The van der Waals surface area contributed by atoms with E-state index in [0.29, 0.717) is 0 Å². The van der Waals surface area contributed by atoms with Gasteiger partial charge >= 0.3 is 0 Å². The molecule has 0 aliphatic heterocycles. The summed E-state index contributed by atoms with van der Waals surface area (Å²) in [7, 11) is 0. The highest BCUT2D eigenvalue weighted by molar-refractivity contribution is 5.43. The number of benzene rings is 2. The molecule has 21 heavy (non-hydrogen) atoms. The quantitative estimate of drug-likeness (QED) is 0.891. The maximum absolute atomic E-state index is 6.66. The molecule has 0 saturated heterocycles. The normalized spacial score (nSPS) is 17.5. The first kappa shape index (κ1) is 14.2. The topological polar surface area (TPSA) is 35.2 Å². The van der Waals surface area contributed by atoms with E-state index in [1.165, 1.54) is 5.56 Å². The first-order valence-electron chi connectivity index (χ1n) is 7.70. The zero-order valence-corrected chi connectivity index (χ0v) is 12.8. The van der Waals surface area contributed by atoms with E-state index < -0.39 is 0 Å². The fourth-order valence-electron chi connectivity index (χ4n) is 3.08. The van der Waals surface area contributed by atoms with E-state index in [-0.39, 0.29) is 17.6 Å². The summed E-state index contributed by atoms with van der Waals surface area (Å²) in [4.78, 5) is 0. The Labute approximate surface area is 126 Å². The van der Waals surface area contributed by atoms with Crippen molar-refractivity contribution >= 4 is 0 Å². The molecule has 2 nitrogen and oxygen atoms in total. The summed E-state index contributed by atoms with van der Waals surface area (Å²) in [6.45, 7) is 4.10. The van der Waals surface area contributed by atoms with Gasteiger partial charge in [0, 0.05) is 17.0 Å². The predicted molar refractivity (Wildman–Crippen MR) is 86.5 cm³/mol. The Hall–Kier alpha value is -1.80. The lowest BCUT2D eigenvalue weighted by atomic mass is 9.84. The van der Waals surface area contributed by atoms with Crippen molar-refractivity contribution in [3.05, 3.63) is 65.7 Å². The summed E-state index contributed by atoms with van der Waals surface area (Å²) in [6, 6.07) is 18.8. The van der Waals surface area contributed by atoms with Crippen LogP contribution in [0, 0.1) is 0 Å². The van der Waals surface area contributed by atoms with Gasteiger partial charge in [-0.05, 0) is 38.3 Å². The lowest BCUT2D eigenvalue weighted by Gasteiger charge is -2.26. The summed E-state index contributed by atoms with van der Waals surface area (Å²) < 4.78 is 5.95. The van der Waals surface area contributed by atoms with Gasteiger partial charge in [-0.2, -0.15) is 0 Å². The molecule has 3 rings (SSSR count). The van der Waals surface area contributed by atoms with Gasteiger partial charge in [0.25, 0.3) is 0 Å². The van der Waals surface area contributed by atoms with Crippen LogP contribution in [0.5, 0.6) is 5.75 Å². The number of ether oxygens (including phenoxy) is 1. The van der Waals surface area contributed by atoms with Crippen LogP contribution in [0.2, 0.25) is 0 Å². The van der Waals surface area contributed by atoms with Crippen LogP contribution in [-0.2, 0) is 5.41 Å². The number of hydrogen-bond donors (Lipinski definition) is 1. The van der Waals surface area contributed by atoms with Gasteiger partial charge in [-0.1, -0.05) is 48.5 Å². The third kappa shape index (κ3) is 2.68. The van der Waals surface area contributed by atoms with Crippen LogP contribution < -0.4 is 10.5 Å². The summed E-state index contributed by atoms with van der Waals surface area (Å²) in [5.74, 6) is 0.919. The molecule has 0 amide bonds. The lowest BCUT2D eigenvalue weighted by molar-refractivity contribution is 0.237. The molecule has 0 radical (unpaired) electrons. The molecule has 110 valence electrons. The zero-order chi connectivity index (χ0) is 14.9. The van der Waals surface area contributed by atoms with Crippen molar-refractivity contribution in [2.24, 2.45) is 5.73 Å². The highest BCUT2D eigenvalue weighted by Crippen LogP contribution is 2.56. The molecule has 1 aliphatic rings. The number of para-hydroxylation sites is 1. The number of nitrogens with two attached hydrogens (primary N) is 1. The third-order valence-electron chi connectivity index (χ3n) is 4.35. The summed E-state index contributed by atoms with van der Waals surface area (Å²) in [6.07, 6.45) is 2.45. The van der Waals surface area contributed by atoms with Crippen LogP contribution in [0.1, 0.15) is 43.9 Å². The summed E-state index contributed by atoms with van der Waals surface area (Å²) in [5, 5.41) is 0. The van der Waals surface area contributed by atoms with Crippen molar-refractivity contribution in [1.29, 1.82) is 0 Å². The van der Waals surface area contributed by atoms with Crippen molar-refractivity contribution in [2.45, 2.75) is 44.2 Å². The van der Waals surface area contributed by atoms with Crippen molar-refractivity contribution in [3.8, 4) is 5.75 Å². The standard InChI is InChI=1S/C19H23NO/c1-14(2)21-17-11-7-6-10-16(17)18(20)19(12-13-19)15-8-4-3-5-9-15/h3-11,14,18H,12-13,20H2,1-2H3. The molecule has 0 heterocycles. The molecule has 2 aromatic rings. The molecule has 2 heteroatoms. The van der Waals surface area contributed by atoms with E-state index in [9.17, 15) is 0 Å². The van der Waals surface area contributed by atoms with E-state index in [2.05, 4.69) is 36.4 Å². The fourth-order valence-corrected chi connectivity index (χ4v) is 3.08. The minimum Gasteiger partial charge on any atom is -0.491 e. The van der Waals surface area contributed by atoms with Crippen LogP contribution >= 0.6 is 0 Å². The highest BCUT2D eigenvalue weighted by Gasteiger charge is 2.50. The Balaban J connectivity index is 1.94. The molecule has 0 bridgehead atoms. The van der Waals surface area contributed by atoms with Crippen LogP contribution in [0.4, 0.5) is 0 Å². The van der Waals surface area contributed by atoms with Gasteiger partial charge in [-0.25, -0.2) is 0 Å². The van der Waals surface area contributed by atoms with Gasteiger partial charge in [-0.3, -0.25) is 0 Å². The molecule has 0 spiro atoms. The van der Waals surface area contributed by atoms with Crippen molar-refractivity contribution in [2.75, 3.05) is 0 Å². The van der Waals surface area contributed by atoms with Gasteiger partial charge < -0.3 is 10.5 Å². The number of rotatable bonds is 5. The second kappa shape index (κ2) is 5.53. The highest BCUT2D eigenvalue weighted by atomic mass is 16.5. The second-order valence-electron chi connectivity index (χ2n) is 6.20. The Kier molecular flexibility index (Phi) is 3.73. The molecule has 2 aromatic carbocycles. The van der Waals surface area contributed by atoms with Crippen LogP contribution in [0.15, 0.2) is 54.6 Å². The molecule has 0 aromatic heterocycles. The SMILES string of the molecule is CC(C)Oc1ccccc1C(N)C1(c2ccccc2)CC1. The average Bonchev–Trinajstić information content (AvgIpc) is 3.29. The number of hydrogen-bond acceptors (Lipinski definition) is 2. The zero-order valence-electron chi connectivity index (χ0n) is 12.8. The van der Waals surface area contributed by atoms with Gasteiger partial charge in [0.2, 0.25) is 0 Å². The first-order chi connectivity index (χ1) is 10.1. The Morgan fingerprint density at radius 2 is 1.57 bits per heavy atom. The van der Waals surface area contributed by atoms with Crippen molar-refractivity contribution in [1.82, 2.24) is 0 Å². The summed E-state index contributed by atoms with van der Waals surface area (Å²) in [5.41, 5.74) is 9.21. The van der Waals surface area contributed by atoms with Gasteiger partial charge in [0.15, 0.2) is 0 Å². The van der Waals surface area contributed by atoms with Gasteiger partial charge in [0.05, 0.1) is 6.10 Å². The van der Waals surface area contributed by atoms with E-state index >= 15 is 0 Å². The van der Waals surface area contributed by atoms with Crippen molar-refractivity contribution in [3.63, 3.8) is 0 Å². The second-order valence-corrected chi connectivity index (χ2v) is 6.20. The smallest absolute Gasteiger partial charge is 0.124 e. The fraction of sp³-hybridized carbons (Fsp3) is 0.368. The maximum Gasteiger partial charge on any atom is 0.124 e. The maximum atomic E-state index is 6.66. The Bertz CT molecular complexity index is 602. The molecular weight excluding hydrogens is 258 g/mol. The van der Waals surface area contributed by atoms with Crippen LogP contribution in [0.25, 0.3) is 0 Å². The largest absolute Gasteiger partial charge is 0.491 e. The van der Waals surface area contributed by atoms with E-state index in [0.717, 1.165) is 24.2 Å².